The van der Waals surface area contributed by atoms with Crippen LogP contribution >= 0.6 is 23.2 Å². The maximum Gasteiger partial charge on any atom is 0.266 e. The number of rotatable bonds is 4. The maximum atomic E-state index is 12.8. The highest BCUT2D eigenvalue weighted by Gasteiger charge is 2.17. The summed E-state index contributed by atoms with van der Waals surface area (Å²) in [5.74, 6) is -0.523. The molecule has 0 spiro atoms. The molecule has 0 saturated heterocycles. The van der Waals surface area contributed by atoms with Gasteiger partial charge in [0.05, 0.1) is 11.4 Å². The van der Waals surface area contributed by atoms with E-state index >= 15 is 0 Å². The molecule has 1 heterocycles. The largest absolute Gasteiger partial charge is 0.321 e. The molecular weight excluding hydrogens is 431 g/mol. The molecule has 0 aliphatic heterocycles. The second kappa shape index (κ2) is 8.65. The maximum absolute atomic E-state index is 12.8. The number of hydrogen-bond donors (Lipinski definition) is 1. The van der Waals surface area contributed by atoms with E-state index in [4.69, 9.17) is 23.2 Å². The van der Waals surface area contributed by atoms with Crippen molar-refractivity contribution in [3.8, 4) is 11.8 Å². The fraction of sp³-hybridized carbons (Fsp3) is 0.0417. The molecule has 0 atom stereocenters. The number of anilines is 1. The zero-order valence-electron chi connectivity index (χ0n) is 16.4. The highest BCUT2D eigenvalue weighted by Crippen LogP contribution is 2.28. The Balaban J connectivity index is 1.69. The van der Waals surface area contributed by atoms with Crippen LogP contribution in [0.2, 0.25) is 10.2 Å². The van der Waals surface area contributed by atoms with Gasteiger partial charge in [-0.05, 0) is 42.7 Å². The van der Waals surface area contributed by atoms with Gasteiger partial charge in [0.2, 0.25) is 0 Å². The zero-order chi connectivity index (χ0) is 22.0. The minimum absolute atomic E-state index is 0.0800. The third-order valence-corrected chi connectivity index (χ3v) is 5.39. The van der Waals surface area contributed by atoms with E-state index < -0.39 is 5.91 Å². The monoisotopic (exact) mass is 446 g/mol. The molecule has 0 aliphatic rings. The van der Waals surface area contributed by atoms with E-state index in [1.54, 1.807) is 31.2 Å². The van der Waals surface area contributed by atoms with Crippen LogP contribution in [0, 0.1) is 18.3 Å². The summed E-state index contributed by atoms with van der Waals surface area (Å²) in [5, 5.41) is 19.6. The molecule has 1 N–H and O–H groups in total. The second-order valence-corrected chi connectivity index (χ2v) is 7.63. The third kappa shape index (κ3) is 4.17. The topological polar surface area (TPSA) is 70.7 Å². The van der Waals surface area contributed by atoms with E-state index in [-0.39, 0.29) is 10.7 Å². The standard InChI is InChI=1S/C24H16Cl2N4O/c1-15-21(23(26)30(29-15)19-9-5-8-18(25)13-19)12-17(14-27)24(31)28-22-11-4-7-16-6-2-3-10-20(16)22/h2-13H,1H3,(H,28,31). The van der Waals surface area contributed by atoms with Gasteiger partial charge in [-0.2, -0.15) is 10.4 Å². The van der Waals surface area contributed by atoms with Crippen molar-refractivity contribution in [1.29, 1.82) is 5.26 Å². The van der Waals surface area contributed by atoms with Crippen LogP contribution in [0.1, 0.15) is 11.3 Å². The smallest absolute Gasteiger partial charge is 0.266 e. The molecule has 1 aromatic heterocycles. The molecule has 3 aromatic carbocycles. The van der Waals surface area contributed by atoms with Crippen LogP contribution in [0.4, 0.5) is 5.69 Å². The molecule has 152 valence electrons. The lowest BCUT2D eigenvalue weighted by atomic mass is 10.1. The number of nitrogens with zero attached hydrogens (tertiary/aromatic N) is 3. The average Bonchev–Trinajstić information content (AvgIpc) is 3.05. The molecule has 4 aromatic rings. The van der Waals surface area contributed by atoms with Crippen molar-refractivity contribution in [2.24, 2.45) is 0 Å². The number of aryl methyl sites for hydroxylation is 1. The second-order valence-electron chi connectivity index (χ2n) is 6.83. The molecule has 0 radical (unpaired) electrons. The van der Waals surface area contributed by atoms with Crippen LogP contribution in [0.5, 0.6) is 0 Å². The molecular formula is C24H16Cl2N4O. The Bertz CT molecular complexity index is 1380. The van der Waals surface area contributed by atoms with E-state index in [1.807, 2.05) is 48.5 Å². The molecule has 7 heteroatoms. The number of carbonyl (C=O) groups excluding carboxylic acids is 1. The summed E-state index contributed by atoms with van der Waals surface area (Å²) in [4.78, 5) is 12.8. The Labute approximate surface area is 189 Å². The zero-order valence-corrected chi connectivity index (χ0v) is 17.9. The normalized spacial score (nSPS) is 11.4. The van der Waals surface area contributed by atoms with Gasteiger partial charge in [-0.3, -0.25) is 4.79 Å². The van der Waals surface area contributed by atoms with Crippen molar-refractivity contribution >= 4 is 51.6 Å². The Kier molecular flexibility index (Phi) is 5.77. The van der Waals surface area contributed by atoms with Crippen LogP contribution in [-0.4, -0.2) is 15.7 Å². The lowest BCUT2D eigenvalue weighted by molar-refractivity contribution is -0.112. The van der Waals surface area contributed by atoms with Gasteiger partial charge in [-0.15, -0.1) is 0 Å². The average molecular weight is 447 g/mol. The Morgan fingerprint density at radius 2 is 1.84 bits per heavy atom. The summed E-state index contributed by atoms with van der Waals surface area (Å²) in [7, 11) is 0. The molecule has 0 fully saturated rings. The van der Waals surface area contributed by atoms with Crippen molar-refractivity contribution in [2.45, 2.75) is 6.92 Å². The van der Waals surface area contributed by atoms with Gasteiger partial charge in [0, 0.05) is 21.7 Å². The molecule has 0 aliphatic carbocycles. The highest BCUT2D eigenvalue weighted by atomic mass is 35.5. The van der Waals surface area contributed by atoms with Crippen LogP contribution in [-0.2, 0) is 4.79 Å². The Morgan fingerprint density at radius 3 is 2.61 bits per heavy atom. The summed E-state index contributed by atoms with van der Waals surface area (Å²) in [6.07, 6.45) is 1.45. The molecule has 31 heavy (non-hydrogen) atoms. The minimum Gasteiger partial charge on any atom is -0.321 e. The molecule has 0 bridgehead atoms. The van der Waals surface area contributed by atoms with Crippen LogP contribution < -0.4 is 5.32 Å². The van der Waals surface area contributed by atoms with Gasteiger partial charge in [0.15, 0.2) is 0 Å². The summed E-state index contributed by atoms with van der Waals surface area (Å²) in [6, 6.07) is 22.3. The molecule has 0 saturated carbocycles. The van der Waals surface area contributed by atoms with Gasteiger partial charge >= 0.3 is 0 Å². The van der Waals surface area contributed by atoms with Gasteiger partial charge in [-0.1, -0.05) is 65.7 Å². The van der Waals surface area contributed by atoms with Crippen LogP contribution in [0.3, 0.4) is 0 Å². The molecule has 0 unspecified atom stereocenters. The number of carbonyl (C=O) groups is 1. The van der Waals surface area contributed by atoms with Crippen molar-refractivity contribution in [2.75, 3.05) is 5.32 Å². The summed E-state index contributed by atoms with van der Waals surface area (Å²) < 4.78 is 1.52. The van der Waals surface area contributed by atoms with Crippen LogP contribution in [0.25, 0.3) is 22.5 Å². The SMILES string of the molecule is Cc1nn(-c2cccc(Cl)c2)c(Cl)c1C=C(C#N)C(=O)Nc1cccc2ccccc12. The fourth-order valence-corrected chi connectivity index (χ4v) is 3.78. The Hall–Kier alpha value is -3.59. The van der Waals surface area contributed by atoms with E-state index in [1.165, 1.54) is 10.8 Å². The number of aromatic nitrogens is 2. The first-order valence-electron chi connectivity index (χ1n) is 9.40. The van der Waals surface area contributed by atoms with Crippen molar-refractivity contribution in [3.63, 3.8) is 0 Å². The number of benzene rings is 3. The lowest BCUT2D eigenvalue weighted by Gasteiger charge is -2.08. The van der Waals surface area contributed by atoms with Crippen molar-refractivity contribution < 1.29 is 4.79 Å². The Morgan fingerprint density at radius 1 is 1.10 bits per heavy atom. The first-order chi connectivity index (χ1) is 15.0. The number of nitrogens with one attached hydrogen (secondary N) is 1. The van der Waals surface area contributed by atoms with Gasteiger partial charge < -0.3 is 5.32 Å². The lowest BCUT2D eigenvalue weighted by Crippen LogP contribution is -2.13. The fourth-order valence-electron chi connectivity index (χ4n) is 3.27. The number of amides is 1. The van der Waals surface area contributed by atoms with Crippen LogP contribution in [0.15, 0.2) is 72.3 Å². The quantitative estimate of drug-likeness (QED) is 0.300. The third-order valence-electron chi connectivity index (χ3n) is 4.79. The number of halogens is 2. The summed E-state index contributed by atoms with van der Waals surface area (Å²) in [6.45, 7) is 1.76. The van der Waals surface area contributed by atoms with E-state index in [2.05, 4.69) is 10.4 Å². The number of fused-ring (bicyclic) bond motifs is 1. The van der Waals surface area contributed by atoms with Gasteiger partial charge in [0.25, 0.3) is 5.91 Å². The number of hydrogen-bond acceptors (Lipinski definition) is 3. The minimum atomic E-state index is -0.523. The predicted molar refractivity (Wildman–Crippen MR) is 124 cm³/mol. The molecule has 5 nitrogen and oxygen atoms in total. The highest BCUT2D eigenvalue weighted by molar-refractivity contribution is 6.32. The number of nitriles is 1. The van der Waals surface area contributed by atoms with Crippen molar-refractivity contribution in [1.82, 2.24) is 9.78 Å². The molecule has 1 amide bonds. The van der Waals surface area contributed by atoms with E-state index in [0.29, 0.717) is 27.7 Å². The molecule has 4 rings (SSSR count). The van der Waals surface area contributed by atoms with E-state index in [0.717, 1.165) is 10.8 Å². The van der Waals surface area contributed by atoms with Crippen molar-refractivity contribution in [3.05, 3.63) is 93.7 Å². The first kappa shape index (κ1) is 20.7. The van der Waals surface area contributed by atoms with E-state index in [9.17, 15) is 10.1 Å². The van der Waals surface area contributed by atoms with Gasteiger partial charge in [-0.25, -0.2) is 4.68 Å². The summed E-state index contributed by atoms with van der Waals surface area (Å²) >= 11 is 12.6. The first-order valence-corrected chi connectivity index (χ1v) is 10.2. The predicted octanol–water partition coefficient (Wildman–Crippen LogP) is 6.19. The van der Waals surface area contributed by atoms with Gasteiger partial charge in [0.1, 0.15) is 16.8 Å². The summed E-state index contributed by atoms with van der Waals surface area (Å²) in [5.41, 5.74) is 2.30.